The summed E-state index contributed by atoms with van der Waals surface area (Å²) >= 11 is 1.36. The van der Waals surface area contributed by atoms with E-state index in [1.54, 1.807) is 44.4 Å². The normalized spacial score (nSPS) is 14.2. The first-order valence-electron chi connectivity index (χ1n) is 11.7. The highest BCUT2D eigenvalue weighted by Gasteiger charge is 2.22. The van der Waals surface area contributed by atoms with E-state index in [-0.39, 0.29) is 10.8 Å². The summed E-state index contributed by atoms with van der Waals surface area (Å²) in [5.41, 5.74) is 3.39. The van der Waals surface area contributed by atoms with Gasteiger partial charge in [0.25, 0.3) is 10.0 Å². The first-order valence-corrected chi connectivity index (χ1v) is 14.0. The van der Waals surface area contributed by atoms with Gasteiger partial charge in [0, 0.05) is 6.42 Å². The van der Waals surface area contributed by atoms with Gasteiger partial charge in [-0.25, -0.2) is 13.4 Å². The summed E-state index contributed by atoms with van der Waals surface area (Å²) in [6, 6.07) is 10.5. The van der Waals surface area contributed by atoms with Gasteiger partial charge in [0.05, 0.1) is 28.3 Å². The number of hydrogen-bond donors (Lipinski definition) is 2. The van der Waals surface area contributed by atoms with E-state index >= 15 is 0 Å². The Kier molecular flexibility index (Phi) is 7.47. The van der Waals surface area contributed by atoms with Crippen LogP contribution in [0.5, 0.6) is 5.75 Å². The van der Waals surface area contributed by atoms with Crippen LogP contribution < -0.4 is 14.8 Å². The highest BCUT2D eigenvalue weighted by Crippen LogP contribution is 2.36. The Labute approximate surface area is 211 Å². The van der Waals surface area contributed by atoms with Crippen molar-refractivity contribution in [1.82, 2.24) is 4.98 Å². The monoisotopic (exact) mass is 513 g/mol. The second-order valence-corrected chi connectivity index (χ2v) is 11.8. The molecule has 0 aliphatic heterocycles. The van der Waals surface area contributed by atoms with Gasteiger partial charge in [-0.2, -0.15) is 0 Å². The lowest BCUT2D eigenvalue weighted by Crippen LogP contribution is -2.15. The first-order chi connectivity index (χ1) is 16.7. The molecule has 1 aliphatic rings. The average molecular weight is 514 g/mol. The molecule has 7 nitrogen and oxygen atoms in total. The summed E-state index contributed by atoms with van der Waals surface area (Å²) < 4.78 is 34.5. The maximum absolute atomic E-state index is 13.3. The number of carbonyl (C=O) groups excluding carboxylic acids is 1. The van der Waals surface area contributed by atoms with Crippen molar-refractivity contribution in [1.29, 1.82) is 0 Å². The van der Waals surface area contributed by atoms with E-state index in [9.17, 15) is 13.2 Å². The summed E-state index contributed by atoms with van der Waals surface area (Å²) in [6.45, 7) is 5.46. The molecule has 2 N–H and O–H groups in total. The van der Waals surface area contributed by atoms with Crippen molar-refractivity contribution in [2.45, 2.75) is 57.8 Å². The maximum atomic E-state index is 13.3. The first kappa shape index (κ1) is 25.2. The maximum Gasteiger partial charge on any atom is 0.262 e. The van der Waals surface area contributed by atoms with Crippen molar-refractivity contribution < 1.29 is 17.9 Å². The molecular formula is C26H31N3O4S2. The molecule has 1 fully saturated rings. The highest BCUT2D eigenvalue weighted by atomic mass is 32.2. The number of sulfonamides is 1. The molecule has 0 unspecified atom stereocenters. The number of benzene rings is 2. The summed E-state index contributed by atoms with van der Waals surface area (Å²) in [4.78, 5) is 18.0. The van der Waals surface area contributed by atoms with Crippen LogP contribution in [0.3, 0.4) is 0 Å². The number of ether oxygens (including phenoxy) is 1. The SMILES string of the molecule is COc1ccc(NS(=O)(=O)c2cc(-c3sc(NC(=O)CC4CCCC4)nc3C)ccc2C)c(C)c1. The molecule has 1 aromatic heterocycles. The predicted octanol–water partition coefficient (Wildman–Crippen LogP) is 6.06. The third-order valence-electron chi connectivity index (χ3n) is 6.41. The lowest BCUT2D eigenvalue weighted by atomic mass is 10.0. The highest BCUT2D eigenvalue weighted by molar-refractivity contribution is 7.92. The summed E-state index contributed by atoms with van der Waals surface area (Å²) in [6.07, 6.45) is 5.14. The van der Waals surface area contributed by atoms with Gasteiger partial charge in [0.15, 0.2) is 5.13 Å². The largest absolute Gasteiger partial charge is 0.497 e. The molecule has 0 atom stereocenters. The Morgan fingerprint density at radius 3 is 2.51 bits per heavy atom. The number of thiazole rings is 1. The molecule has 1 aliphatic carbocycles. The fourth-order valence-corrected chi connectivity index (χ4v) is 6.85. The zero-order valence-electron chi connectivity index (χ0n) is 20.5. The van der Waals surface area contributed by atoms with Crippen LogP contribution in [-0.4, -0.2) is 26.4 Å². The molecule has 0 bridgehead atoms. The predicted molar refractivity (Wildman–Crippen MR) is 141 cm³/mol. The molecule has 1 saturated carbocycles. The molecule has 4 rings (SSSR count). The Balaban J connectivity index is 1.56. The zero-order chi connectivity index (χ0) is 25.2. The van der Waals surface area contributed by atoms with Crippen molar-refractivity contribution >= 4 is 38.1 Å². The number of nitrogens with zero attached hydrogens (tertiary/aromatic N) is 1. The fraction of sp³-hybridized carbons (Fsp3) is 0.385. The number of carbonyl (C=O) groups is 1. The number of hydrogen-bond acceptors (Lipinski definition) is 6. The number of aromatic nitrogens is 1. The zero-order valence-corrected chi connectivity index (χ0v) is 22.1. The van der Waals surface area contributed by atoms with E-state index in [1.807, 2.05) is 19.9 Å². The van der Waals surface area contributed by atoms with E-state index in [0.29, 0.717) is 34.5 Å². The average Bonchev–Trinajstić information content (AvgIpc) is 3.44. The Bertz CT molecular complexity index is 1340. The topological polar surface area (TPSA) is 97.4 Å². The van der Waals surface area contributed by atoms with Crippen LogP contribution in [-0.2, 0) is 14.8 Å². The lowest BCUT2D eigenvalue weighted by Gasteiger charge is -2.14. The van der Waals surface area contributed by atoms with Crippen molar-refractivity contribution in [3.8, 4) is 16.2 Å². The molecule has 0 radical (unpaired) electrons. The molecule has 35 heavy (non-hydrogen) atoms. The van der Waals surface area contributed by atoms with Gasteiger partial charge < -0.3 is 10.1 Å². The van der Waals surface area contributed by atoms with Crippen LogP contribution in [0.4, 0.5) is 10.8 Å². The molecule has 1 amide bonds. The van der Waals surface area contributed by atoms with Gasteiger partial charge in [-0.15, -0.1) is 0 Å². The van der Waals surface area contributed by atoms with Crippen molar-refractivity contribution in [3.05, 3.63) is 53.2 Å². The van der Waals surface area contributed by atoms with Crippen LogP contribution in [0.25, 0.3) is 10.4 Å². The van der Waals surface area contributed by atoms with Crippen LogP contribution in [0.2, 0.25) is 0 Å². The smallest absolute Gasteiger partial charge is 0.262 e. The van der Waals surface area contributed by atoms with Crippen LogP contribution in [0.15, 0.2) is 41.3 Å². The van der Waals surface area contributed by atoms with Gasteiger partial charge >= 0.3 is 0 Å². The Morgan fingerprint density at radius 2 is 1.83 bits per heavy atom. The summed E-state index contributed by atoms with van der Waals surface area (Å²) in [7, 11) is -2.26. The molecule has 0 spiro atoms. The third-order valence-corrected chi connectivity index (χ3v) is 9.04. The Hall–Kier alpha value is -2.91. The van der Waals surface area contributed by atoms with E-state index in [0.717, 1.165) is 34.5 Å². The Morgan fingerprint density at radius 1 is 1.09 bits per heavy atom. The van der Waals surface area contributed by atoms with Gasteiger partial charge in [-0.05, 0) is 80.5 Å². The van der Waals surface area contributed by atoms with Crippen LogP contribution in [0, 0.1) is 26.7 Å². The number of anilines is 2. The molecule has 2 aromatic carbocycles. The molecular weight excluding hydrogens is 482 g/mol. The minimum atomic E-state index is -3.83. The quantitative estimate of drug-likeness (QED) is 0.381. The number of aryl methyl sites for hydroxylation is 3. The van der Waals surface area contributed by atoms with Gasteiger partial charge in [0.1, 0.15) is 5.75 Å². The standard InChI is InChI=1S/C26H31N3O4S2/c1-16-9-10-20(15-23(16)35(31,32)29-22-12-11-21(33-4)13-17(22)2)25-18(3)27-26(34-25)28-24(30)14-19-7-5-6-8-19/h9-13,15,19,29H,5-8,14H2,1-4H3,(H,27,28,30). The number of nitrogens with one attached hydrogen (secondary N) is 2. The minimum Gasteiger partial charge on any atom is -0.497 e. The number of amides is 1. The van der Waals surface area contributed by atoms with E-state index in [2.05, 4.69) is 15.0 Å². The molecule has 3 aromatic rings. The van der Waals surface area contributed by atoms with E-state index in [1.165, 1.54) is 24.2 Å². The second kappa shape index (κ2) is 10.4. The molecule has 0 saturated heterocycles. The van der Waals surface area contributed by atoms with Gasteiger partial charge in [-0.1, -0.05) is 36.3 Å². The summed E-state index contributed by atoms with van der Waals surface area (Å²) in [5.74, 6) is 1.11. The second-order valence-electron chi connectivity index (χ2n) is 9.10. The number of rotatable bonds is 8. The lowest BCUT2D eigenvalue weighted by molar-refractivity contribution is -0.117. The van der Waals surface area contributed by atoms with E-state index < -0.39 is 10.0 Å². The molecule has 1 heterocycles. The third kappa shape index (κ3) is 5.85. The van der Waals surface area contributed by atoms with E-state index in [4.69, 9.17) is 4.74 Å². The van der Waals surface area contributed by atoms with Crippen molar-refractivity contribution in [2.75, 3.05) is 17.1 Å². The fourth-order valence-electron chi connectivity index (χ4n) is 4.47. The van der Waals surface area contributed by atoms with Gasteiger partial charge in [-0.3, -0.25) is 9.52 Å². The minimum absolute atomic E-state index is 0.0107. The molecule has 186 valence electrons. The van der Waals surface area contributed by atoms with Crippen molar-refractivity contribution in [3.63, 3.8) is 0 Å². The van der Waals surface area contributed by atoms with Crippen molar-refractivity contribution in [2.24, 2.45) is 5.92 Å². The van der Waals surface area contributed by atoms with Crippen LogP contribution >= 0.6 is 11.3 Å². The van der Waals surface area contributed by atoms with Gasteiger partial charge in [0.2, 0.25) is 5.91 Å². The number of methoxy groups -OCH3 is 1. The summed E-state index contributed by atoms with van der Waals surface area (Å²) in [5, 5.41) is 3.47. The van der Waals surface area contributed by atoms with Crippen LogP contribution in [0.1, 0.15) is 48.9 Å². The molecule has 9 heteroatoms.